The van der Waals surface area contributed by atoms with Crippen molar-refractivity contribution in [1.82, 2.24) is 9.78 Å². The van der Waals surface area contributed by atoms with Crippen LogP contribution in [0.25, 0.3) is 5.69 Å². The van der Waals surface area contributed by atoms with Gasteiger partial charge in [0, 0.05) is 17.4 Å². The summed E-state index contributed by atoms with van der Waals surface area (Å²) in [7, 11) is 0. The molecule has 2 rings (SSSR count). The molecule has 1 heterocycles. The zero-order chi connectivity index (χ0) is 8.39. The fraction of sp³-hybridized carbons (Fsp3) is 0. The lowest BCUT2D eigenvalue weighted by Crippen LogP contribution is -1.92. The van der Waals surface area contributed by atoms with Crippen molar-refractivity contribution in [2.24, 2.45) is 0 Å². The van der Waals surface area contributed by atoms with Crippen molar-refractivity contribution in [2.75, 3.05) is 0 Å². The normalized spacial score (nSPS) is 9.31. The molecule has 0 unspecified atom stereocenters. The molecule has 0 spiro atoms. The second kappa shape index (κ2) is 4.30. The Morgan fingerprint density at radius 3 is 2.69 bits per heavy atom. The highest BCUT2D eigenvalue weighted by Gasteiger charge is 1.94. The van der Waals surface area contributed by atoms with Gasteiger partial charge in [-0.15, -0.1) is 12.4 Å². The van der Waals surface area contributed by atoms with Crippen molar-refractivity contribution in [3.8, 4) is 5.69 Å². The van der Waals surface area contributed by atoms with Gasteiger partial charge in [0.2, 0.25) is 0 Å². The van der Waals surface area contributed by atoms with E-state index in [-0.39, 0.29) is 12.4 Å². The summed E-state index contributed by atoms with van der Waals surface area (Å²) in [5, 5.41) is 4.81. The maximum atomic E-state index is 5.82. The molecule has 0 saturated heterocycles. The summed E-state index contributed by atoms with van der Waals surface area (Å²) in [4.78, 5) is 0. The predicted octanol–water partition coefficient (Wildman–Crippen LogP) is 2.95. The monoisotopic (exact) mass is 214 g/mol. The fourth-order valence-electron chi connectivity index (χ4n) is 1.04. The Morgan fingerprint density at radius 2 is 2.08 bits per heavy atom. The number of aromatic nitrogens is 2. The van der Waals surface area contributed by atoms with Gasteiger partial charge in [0.1, 0.15) is 0 Å². The highest BCUT2D eigenvalue weighted by atomic mass is 35.5. The summed E-state index contributed by atoms with van der Waals surface area (Å²) < 4.78 is 1.77. The lowest BCUT2D eigenvalue weighted by atomic mass is 10.3. The molecule has 0 bridgehead atoms. The number of nitrogens with zero attached hydrogens (tertiary/aromatic N) is 2. The average Bonchev–Trinajstić information content (AvgIpc) is 2.56. The van der Waals surface area contributed by atoms with E-state index in [0.717, 1.165) is 10.7 Å². The molecule has 1 aromatic heterocycles. The number of benzene rings is 1. The van der Waals surface area contributed by atoms with E-state index in [1.54, 1.807) is 10.9 Å². The smallest absolute Gasteiger partial charge is 0.0660 e. The van der Waals surface area contributed by atoms with Crippen LogP contribution in [0.2, 0.25) is 5.02 Å². The van der Waals surface area contributed by atoms with Gasteiger partial charge in [0.05, 0.1) is 5.69 Å². The van der Waals surface area contributed by atoms with Gasteiger partial charge in [0.15, 0.2) is 0 Å². The predicted molar refractivity (Wildman–Crippen MR) is 55.8 cm³/mol. The molecule has 0 radical (unpaired) electrons. The molecule has 0 aliphatic rings. The molecular weight excluding hydrogens is 207 g/mol. The first-order valence-corrected chi connectivity index (χ1v) is 3.99. The Kier molecular flexibility index (Phi) is 3.34. The van der Waals surface area contributed by atoms with Crippen LogP contribution in [-0.2, 0) is 0 Å². The Hall–Kier alpha value is -0.990. The molecule has 13 heavy (non-hydrogen) atoms. The molecule has 2 nitrogen and oxygen atoms in total. The minimum absolute atomic E-state index is 0. The van der Waals surface area contributed by atoms with Crippen molar-refractivity contribution in [3.63, 3.8) is 0 Å². The topological polar surface area (TPSA) is 17.8 Å². The summed E-state index contributed by atoms with van der Waals surface area (Å²) in [6.45, 7) is 0. The minimum Gasteiger partial charge on any atom is -0.241 e. The highest BCUT2D eigenvalue weighted by Crippen LogP contribution is 2.13. The van der Waals surface area contributed by atoms with Crippen molar-refractivity contribution in [2.45, 2.75) is 0 Å². The second-order valence-corrected chi connectivity index (χ2v) is 2.87. The van der Waals surface area contributed by atoms with E-state index < -0.39 is 0 Å². The molecule has 0 aliphatic heterocycles. The van der Waals surface area contributed by atoms with E-state index in [9.17, 15) is 0 Å². The molecule has 0 atom stereocenters. The third-order valence-electron chi connectivity index (χ3n) is 1.58. The number of hydrogen-bond donors (Lipinski definition) is 0. The van der Waals surface area contributed by atoms with Gasteiger partial charge in [-0.2, -0.15) is 5.10 Å². The minimum atomic E-state index is 0. The number of rotatable bonds is 1. The van der Waals surface area contributed by atoms with Gasteiger partial charge in [-0.05, 0) is 24.3 Å². The number of halogens is 2. The molecule has 2 aromatic rings. The van der Waals surface area contributed by atoms with E-state index in [2.05, 4.69) is 5.10 Å². The Balaban J connectivity index is 0.000000845. The van der Waals surface area contributed by atoms with Gasteiger partial charge in [-0.25, -0.2) is 4.68 Å². The first-order chi connectivity index (χ1) is 5.86. The molecule has 0 aliphatic carbocycles. The molecule has 68 valence electrons. The summed E-state index contributed by atoms with van der Waals surface area (Å²) in [6, 6.07) is 9.45. The van der Waals surface area contributed by atoms with Crippen molar-refractivity contribution >= 4 is 24.0 Å². The summed E-state index contributed by atoms with van der Waals surface area (Å²) in [6.07, 6.45) is 3.62. The quantitative estimate of drug-likeness (QED) is 0.714. The van der Waals surface area contributed by atoms with Crippen molar-refractivity contribution in [3.05, 3.63) is 47.7 Å². The third kappa shape index (κ3) is 2.23. The number of hydrogen-bond acceptors (Lipinski definition) is 1. The molecule has 1 aromatic carbocycles. The maximum absolute atomic E-state index is 5.82. The zero-order valence-electron chi connectivity index (χ0n) is 6.72. The van der Waals surface area contributed by atoms with E-state index in [4.69, 9.17) is 11.6 Å². The van der Waals surface area contributed by atoms with Crippen LogP contribution in [-0.4, -0.2) is 9.78 Å². The average molecular weight is 215 g/mol. The van der Waals surface area contributed by atoms with Crippen LogP contribution in [0.3, 0.4) is 0 Å². The van der Waals surface area contributed by atoms with Crippen LogP contribution < -0.4 is 0 Å². The lowest BCUT2D eigenvalue weighted by molar-refractivity contribution is 0.880. The molecule has 0 N–H and O–H groups in total. The van der Waals surface area contributed by atoms with Gasteiger partial charge >= 0.3 is 0 Å². The van der Waals surface area contributed by atoms with Gasteiger partial charge in [-0.3, -0.25) is 0 Å². The van der Waals surface area contributed by atoms with E-state index in [0.29, 0.717) is 0 Å². The van der Waals surface area contributed by atoms with E-state index >= 15 is 0 Å². The van der Waals surface area contributed by atoms with Crippen molar-refractivity contribution < 1.29 is 0 Å². The molecule has 4 heteroatoms. The third-order valence-corrected chi connectivity index (χ3v) is 1.81. The first kappa shape index (κ1) is 10.1. The Labute approximate surface area is 87.6 Å². The first-order valence-electron chi connectivity index (χ1n) is 3.62. The van der Waals surface area contributed by atoms with E-state index in [1.165, 1.54) is 0 Å². The van der Waals surface area contributed by atoms with Crippen LogP contribution in [0, 0.1) is 0 Å². The van der Waals surface area contributed by atoms with Gasteiger partial charge < -0.3 is 0 Å². The largest absolute Gasteiger partial charge is 0.241 e. The molecule has 0 saturated carbocycles. The van der Waals surface area contributed by atoms with E-state index in [1.807, 2.05) is 36.5 Å². The van der Waals surface area contributed by atoms with Crippen molar-refractivity contribution in [1.29, 1.82) is 0 Å². The van der Waals surface area contributed by atoms with Crippen LogP contribution >= 0.6 is 24.0 Å². The molecular formula is C9H8Cl2N2. The van der Waals surface area contributed by atoms with Crippen LogP contribution in [0.4, 0.5) is 0 Å². The van der Waals surface area contributed by atoms with Crippen LogP contribution in [0.1, 0.15) is 0 Å². The maximum Gasteiger partial charge on any atom is 0.0660 e. The highest BCUT2D eigenvalue weighted by molar-refractivity contribution is 6.30. The summed E-state index contributed by atoms with van der Waals surface area (Å²) >= 11 is 5.82. The van der Waals surface area contributed by atoms with Gasteiger partial charge in [0.25, 0.3) is 0 Å². The van der Waals surface area contributed by atoms with Crippen LogP contribution in [0.5, 0.6) is 0 Å². The molecule has 0 amide bonds. The van der Waals surface area contributed by atoms with Crippen LogP contribution in [0.15, 0.2) is 42.7 Å². The second-order valence-electron chi connectivity index (χ2n) is 2.43. The summed E-state index contributed by atoms with van der Waals surface area (Å²) in [5.41, 5.74) is 0.979. The lowest BCUT2D eigenvalue weighted by Gasteiger charge is -1.99. The zero-order valence-corrected chi connectivity index (χ0v) is 8.29. The standard InChI is InChI=1S/C9H7ClN2.ClH/c10-8-3-1-4-9(7-8)12-6-2-5-11-12;/h1-7H;1H. The SMILES string of the molecule is Cl.Clc1cccc(-n2cccn2)c1. The Bertz CT molecular complexity index is 371. The Morgan fingerprint density at radius 1 is 1.23 bits per heavy atom. The summed E-state index contributed by atoms with van der Waals surface area (Å²) in [5.74, 6) is 0. The van der Waals surface area contributed by atoms with Gasteiger partial charge in [-0.1, -0.05) is 17.7 Å². The molecule has 0 fully saturated rings. The fourth-order valence-corrected chi connectivity index (χ4v) is 1.22.